The van der Waals surface area contributed by atoms with Gasteiger partial charge in [-0.3, -0.25) is 19.2 Å². The van der Waals surface area contributed by atoms with Crippen molar-refractivity contribution in [2.75, 3.05) is 35.7 Å². The number of carbonyl (C=O) groups is 4. The van der Waals surface area contributed by atoms with E-state index in [9.17, 15) is 19.2 Å². The van der Waals surface area contributed by atoms with Crippen molar-refractivity contribution in [2.24, 2.45) is 5.92 Å². The molecule has 1 aliphatic heterocycles. The van der Waals surface area contributed by atoms with Gasteiger partial charge in [0.25, 0.3) is 5.91 Å². The van der Waals surface area contributed by atoms with Crippen LogP contribution in [0, 0.1) is 5.92 Å². The molecule has 0 spiro atoms. The van der Waals surface area contributed by atoms with Crippen LogP contribution in [-0.4, -0.2) is 64.3 Å². The second-order valence-electron chi connectivity index (χ2n) is 9.51. The van der Waals surface area contributed by atoms with Gasteiger partial charge in [0.05, 0.1) is 23.5 Å². The number of morpholine rings is 1. The SMILES string of the molecule is CC(=O)Nc1cnc2c(NC(=O)[C@H]3CC[C@H](N4CCOCC4=O)CC3)c(C(=O)Nc3ccc(Cl)cn3)oc2c1. The number of fused-ring (bicyclic) bond motifs is 1. The Morgan fingerprint density at radius 3 is 2.54 bits per heavy atom. The highest BCUT2D eigenvalue weighted by molar-refractivity contribution is 6.30. The van der Waals surface area contributed by atoms with Crippen molar-refractivity contribution in [2.45, 2.75) is 38.6 Å². The lowest BCUT2D eigenvalue weighted by Crippen LogP contribution is -2.49. The molecular formula is C26H27ClN6O6. The van der Waals surface area contributed by atoms with Crippen LogP contribution < -0.4 is 16.0 Å². The van der Waals surface area contributed by atoms with E-state index in [1.807, 2.05) is 4.90 Å². The van der Waals surface area contributed by atoms with Crippen molar-refractivity contribution in [3.8, 4) is 0 Å². The molecule has 204 valence electrons. The van der Waals surface area contributed by atoms with Gasteiger partial charge in [0, 0.05) is 37.7 Å². The predicted molar refractivity (Wildman–Crippen MR) is 142 cm³/mol. The van der Waals surface area contributed by atoms with Crippen LogP contribution in [0.4, 0.5) is 17.2 Å². The highest BCUT2D eigenvalue weighted by Crippen LogP contribution is 2.34. The molecule has 3 N–H and O–H groups in total. The number of furan rings is 1. The Hall–Kier alpha value is -4.03. The number of amides is 4. The fourth-order valence-corrected chi connectivity index (χ4v) is 5.05. The molecule has 0 radical (unpaired) electrons. The van der Waals surface area contributed by atoms with E-state index in [0.717, 1.165) is 0 Å². The van der Waals surface area contributed by atoms with Crippen molar-refractivity contribution < 1.29 is 28.3 Å². The lowest BCUT2D eigenvalue weighted by molar-refractivity contribution is -0.146. The molecular weight excluding hydrogens is 528 g/mol. The Kier molecular flexibility index (Phi) is 7.75. The molecule has 1 saturated heterocycles. The number of hydrogen-bond acceptors (Lipinski definition) is 8. The summed E-state index contributed by atoms with van der Waals surface area (Å²) in [5, 5.41) is 8.52. The first-order valence-corrected chi connectivity index (χ1v) is 13.0. The maximum atomic E-state index is 13.3. The van der Waals surface area contributed by atoms with Crippen LogP contribution in [0.3, 0.4) is 0 Å². The zero-order chi connectivity index (χ0) is 27.5. The normalized spacial score (nSPS) is 19.5. The summed E-state index contributed by atoms with van der Waals surface area (Å²) in [7, 11) is 0. The number of anilines is 3. The molecule has 2 aliphatic rings. The Morgan fingerprint density at radius 2 is 1.85 bits per heavy atom. The van der Waals surface area contributed by atoms with Gasteiger partial charge in [-0.05, 0) is 37.8 Å². The molecule has 2 fully saturated rings. The predicted octanol–water partition coefficient (Wildman–Crippen LogP) is 3.44. The van der Waals surface area contributed by atoms with Crippen LogP contribution in [-0.2, 0) is 19.1 Å². The van der Waals surface area contributed by atoms with E-state index in [1.165, 1.54) is 31.5 Å². The molecule has 0 unspecified atom stereocenters. The molecule has 4 heterocycles. The number of rotatable bonds is 6. The number of carbonyl (C=O) groups excluding carboxylic acids is 4. The van der Waals surface area contributed by atoms with Crippen molar-refractivity contribution >= 4 is 63.5 Å². The van der Waals surface area contributed by atoms with Crippen LogP contribution in [0.15, 0.2) is 35.0 Å². The van der Waals surface area contributed by atoms with Crippen molar-refractivity contribution in [3.63, 3.8) is 0 Å². The smallest absolute Gasteiger partial charge is 0.294 e. The number of pyridine rings is 2. The summed E-state index contributed by atoms with van der Waals surface area (Å²) in [6.07, 6.45) is 5.39. The van der Waals surface area contributed by atoms with Gasteiger partial charge in [-0.1, -0.05) is 11.6 Å². The molecule has 3 aromatic heterocycles. The lowest BCUT2D eigenvalue weighted by Gasteiger charge is -2.38. The number of nitrogens with one attached hydrogen (secondary N) is 3. The monoisotopic (exact) mass is 554 g/mol. The summed E-state index contributed by atoms with van der Waals surface area (Å²) in [4.78, 5) is 60.5. The van der Waals surface area contributed by atoms with E-state index in [2.05, 4.69) is 25.9 Å². The second kappa shape index (κ2) is 11.4. The largest absolute Gasteiger partial charge is 0.447 e. The van der Waals surface area contributed by atoms with E-state index in [4.69, 9.17) is 20.8 Å². The van der Waals surface area contributed by atoms with E-state index in [1.54, 1.807) is 6.07 Å². The minimum atomic E-state index is -0.645. The highest BCUT2D eigenvalue weighted by atomic mass is 35.5. The Labute approximate surface area is 228 Å². The molecule has 13 heteroatoms. The average Bonchev–Trinajstić information content (AvgIpc) is 3.27. The number of nitrogens with zero attached hydrogens (tertiary/aromatic N) is 3. The van der Waals surface area contributed by atoms with Crippen LogP contribution in [0.1, 0.15) is 43.2 Å². The van der Waals surface area contributed by atoms with Crippen molar-refractivity contribution in [1.29, 1.82) is 0 Å². The summed E-state index contributed by atoms with van der Waals surface area (Å²) < 4.78 is 11.0. The van der Waals surface area contributed by atoms with Gasteiger partial charge in [0.1, 0.15) is 23.6 Å². The fourth-order valence-electron chi connectivity index (χ4n) is 4.94. The maximum Gasteiger partial charge on any atom is 0.294 e. The first kappa shape index (κ1) is 26.6. The number of halogens is 1. The Bertz CT molecular complexity index is 1420. The number of hydrogen-bond donors (Lipinski definition) is 3. The summed E-state index contributed by atoms with van der Waals surface area (Å²) >= 11 is 5.88. The first-order valence-electron chi connectivity index (χ1n) is 12.6. The van der Waals surface area contributed by atoms with Crippen molar-refractivity contribution in [3.05, 3.63) is 41.4 Å². The molecule has 12 nitrogen and oxygen atoms in total. The van der Waals surface area contributed by atoms with E-state index in [-0.39, 0.29) is 64.7 Å². The van der Waals surface area contributed by atoms with Crippen molar-refractivity contribution in [1.82, 2.24) is 14.9 Å². The molecule has 0 bridgehead atoms. The van der Waals surface area contributed by atoms with E-state index < -0.39 is 5.91 Å². The van der Waals surface area contributed by atoms with Crippen LogP contribution in [0.2, 0.25) is 5.02 Å². The van der Waals surface area contributed by atoms with Gasteiger partial charge in [-0.15, -0.1) is 0 Å². The van der Waals surface area contributed by atoms with Crippen LogP contribution >= 0.6 is 11.6 Å². The maximum absolute atomic E-state index is 13.3. The molecule has 4 amide bonds. The average molecular weight is 555 g/mol. The van der Waals surface area contributed by atoms with Gasteiger partial charge < -0.3 is 30.0 Å². The standard InChI is InChI=1S/C26H27ClN6O6/c1-14(34)30-17-10-19-22(29-12-17)23(24(39-19)26(37)31-20-7-4-16(27)11-28-20)32-25(36)15-2-5-18(6-3-15)33-8-9-38-13-21(33)35/h4,7,10-12,15,18H,2-3,5-6,8-9,13H2,1H3,(H,30,34)(H,32,36)(H,28,31,37)/t15-,18-. The van der Waals surface area contributed by atoms with E-state index in [0.29, 0.717) is 49.5 Å². The molecule has 0 atom stereocenters. The molecule has 5 rings (SSSR count). The van der Waals surface area contributed by atoms with Crippen LogP contribution in [0.5, 0.6) is 0 Å². The van der Waals surface area contributed by atoms with Gasteiger partial charge >= 0.3 is 0 Å². The topological polar surface area (TPSA) is 156 Å². The molecule has 1 saturated carbocycles. The molecule has 0 aromatic carbocycles. The Balaban J connectivity index is 1.36. The summed E-state index contributed by atoms with van der Waals surface area (Å²) in [5.41, 5.74) is 0.977. The minimum absolute atomic E-state index is 0.0189. The van der Waals surface area contributed by atoms with Gasteiger partial charge in [0.15, 0.2) is 5.58 Å². The summed E-state index contributed by atoms with van der Waals surface area (Å²) in [5.74, 6) is -1.45. The zero-order valence-electron chi connectivity index (χ0n) is 21.2. The molecule has 39 heavy (non-hydrogen) atoms. The zero-order valence-corrected chi connectivity index (χ0v) is 21.9. The quantitative estimate of drug-likeness (QED) is 0.418. The first-order chi connectivity index (χ1) is 18.8. The number of ether oxygens (including phenoxy) is 1. The van der Waals surface area contributed by atoms with E-state index >= 15 is 0 Å². The minimum Gasteiger partial charge on any atom is -0.447 e. The van der Waals surface area contributed by atoms with Gasteiger partial charge in [0.2, 0.25) is 23.5 Å². The third-order valence-corrected chi connectivity index (χ3v) is 7.03. The highest BCUT2D eigenvalue weighted by Gasteiger charge is 2.34. The molecule has 3 aromatic rings. The second-order valence-corrected chi connectivity index (χ2v) is 9.94. The summed E-state index contributed by atoms with van der Waals surface area (Å²) in [6, 6.07) is 4.73. The fraction of sp³-hybridized carbons (Fsp3) is 0.385. The third-order valence-electron chi connectivity index (χ3n) is 6.80. The van der Waals surface area contributed by atoms with Crippen LogP contribution in [0.25, 0.3) is 11.1 Å². The third kappa shape index (κ3) is 6.02. The van der Waals surface area contributed by atoms with Gasteiger partial charge in [-0.25, -0.2) is 9.97 Å². The van der Waals surface area contributed by atoms with Gasteiger partial charge in [-0.2, -0.15) is 0 Å². The Morgan fingerprint density at radius 1 is 1.05 bits per heavy atom. The lowest BCUT2D eigenvalue weighted by atomic mass is 9.84. The molecule has 1 aliphatic carbocycles. The summed E-state index contributed by atoms with van der Waals surface area (Å²) in [6.45, 7) is 2.54. The number of aromatic nitrogens is 2.